The smallest absolute Gasteiger partial charge is 0.253 e. The van der Waals surface area contributed by atoms with Gasteiger partial charge in [-0.3, -0.25) is 9.78 Å². The van der Waals surface area contributed by atoms with Gasteiger partial charge in [-0.15, -0.1) is 0 Å². The molecule has 0 aliphatic heterocycles. The van der Waals surface area contributed by atoms with E-state index in [0.29, 0.717) is 12.1 Å². The molecule has 98 valence electrons. The zero-order valence-electron chi connectivity index (χ0n) is 10.4. The van der Waals surface area contributed by atoms with Crippen LogP contribution in [-0.4, -0.2) is 15.9 Å². The van der Waals surface area contributed by atoms with E-state index in [-0.39, 0.29) is 16.7 Å². The predicted octanol–water partition coefficient (Wildman–Crippen LogP) is 1.95. The largest absolute Gasteiger partial charge is 0.382 e. The average molecular weight is 277 g/mol. The van der Waals surface area contributed by atoms with Crippen molar-refractivity contribution < 1.29 is 4.79 Å². The Balaban J connectivity index is 2.05. The third-order valence-electron chi connectivity index (χ3n) is 2.72. The predicted molar refractivity (Wildman–Crippen MR) is 73.8 cm³/mol. The fourth-order valence-electron chi connectivity index (χ4n) is 1.53. The molecule has 0 bridgehead atoms. The van der Waals surface area contributed by atoms with Gasteiger partial charge in [-0.05, 0) is 30.2 Å². The molecule has 2 heterocycles. The molecular weight excluding hydrogens is 264 g/mol. The fourth-order valence-corrected chi connectivity index (χ4v) is 1.70. The van der Waals surface area contributed by atoms with Gasteiger partial charge < -0.3 is 11.1 Å². The van der Waals surface area contributed by atoms with Crippen molar-refractivity contribution >= 4 is 23.3 Å². The maximum absolute atomic E-state index is 11.9. The van der Waals surface area contributed by atoms with E-state index in [2.05, 4.69) is 15.3 Å². The summed E-state index contributed by atoms with van der Waals surface area (Å²) in [6.45, 7) is 2.37. The molecule has 0 radical (unpaired) electrons. The summed E-state index contributed by atoms with van der Waals surface area (Å²) in [5.74, 6) is -0.0426. The molecule has 3 N–H and O–H groups in total. The van der Waals surface area contributed by atoms with Gasteiger partial charge in [0.05, 0.1) is 10.6 Å². The number of carbonyl (C=O) groups is 1. The van der Waals surface area contributed by atoms with Gasteiger partial charge in [-0.25, -0.2) is 4.98 Å². The summed E-state index contributed by atoms with van der Waals surface area (Å²) in [6.07, 6.45) is 4.83. The molecule has 2 aromatic heterocycles. The number of anilines is 1. The Morgan fingerprint density at radius 3 is 2.95 bits per heavy atom. The summed E-state index contributed by atoms with van der Waals surface area (Å²) in [4.78, 5) is 19.8. The van der Waals surface area contributed by atoms with E-state index in [1.165, 1.54) is 12.3 Å². The van der Waals surface area contributed by atoms with Crippen molar-refractivity contribution in [3.63, 3.8) is 0 Å². The monoisotopic (exact) mass is 276 g/mol. The molecule has 0 aliphatic carbocycles. The normalized spacial score (nSPS) is 10.2. The lowest BCUT2D eigenvalue weighted by molar-refractivity contribution is 0.0950. The molecule has 0 atom stereocenters. The van der Waals surface area contributed by atoms with Crippen molar-refractivity contribution in [3.8, 4) is 0 Å². The lowest BCUT2D eigenvalue weighted by Crippen LogP contribution is -2.23. The van der Waals surface area contributed by atoms with Gasteiger partial charge in [-0.2, -0.15) is 0 Å². The van der Waals surface area contributed by atoms with Crippen molar-refractivity contribution in [3.05, 3.63) is 52.4 Å². The summed E-state index contributed by atoms with van der Waals surface area (Å²) in [6, 6.07) is 3.39. The molecule has 0 spiro atoms. The number of aromatic nitrogens is 2. The van der Waals surface area contributed by atoms with Crippen LogP contribution in [0.3, 0.4) is 0 Å². The highest BCUT2D eigenvalue weighted by Crippen LogP contribution is 2.16. The number of carbonyl (C=O) groups excluding carboxylic acids is 1. The van der Waals surface area contributed by atoms with Gasteiger partial charge in [0.25, 0.3) is 5.91 Å². The Hall–Kier alpha value is -2.14. The van der Waals surface area contributed by atoms with Crippen LogP contribution in [0.5, 0.6) is 0 Å². The minimum absolute atomic E-state index is 0.210. The SMILES string of the molecule is Cc1ccncc1CNC(=O)c1cnc(N)c(Cl)c1. The lowest BCUT2D eigenvalue weighted by Gasteiger charge is -2.07. The number of halogens is 1. The van der Waals surface area contributed by atoms with Gasteiger partial charge in [0.15, 0.2) is 0 Å². The molecule has 2 rings (SSSR count). The summed E-state index contributed by atoms with van der Waals surface area (Å²) in [5.41, 5.74) is 7.90. The number of aryl methyl sites for hydroxylation is 1. The van der Waals surface area contributed by atoms with Gasteiger partial charge in [-0.1, -0.05) is 11.6 Å². The number of nitrogens with two attached hydrogens (primary N) is 1. The molecule has 0 saturated carbocycles. The van der Waals surface area contributed by atoms with E-state index < -0.39 is 0 Å². The number of hydrogen-bond donors (Lipinski definition) is 2. The number of pyridine rings is 2. The third kappa shape index (κ3) is 3.20. The second-order valence-corrected chi connectivity index (χ2v) is 4.48. The van der Waals surface area contributed by atoms with Crippen molar-refractivity contribution in [2.75, 3.05) is 5.73 Å². The molecule has 6 heteroatoms. The molecule has 5 nitrogen and oxygen atoms in total. The number of nitrogen functional groups attached to an aromatic ring is 1. The molecule has 0 unspecified atom stereocenters. The summed E-state index contributed by atoms with van der Waals surface area (Å²) in [5, 5.41) is 3.05. The van der Waals surface area contributed by atoms with Crippen LogP contribution in [0, 0.1) is 6.92 Å². The second kappa shape index (κ2) is 5.67. The summed E-state index contributed by atoms with van der Waals surface area (Å²) >= 11 is 5.82. The fraction of sp³-hybridized carbons (Fsp3) is 0.154. The maximum atomic E-state index is 11.9. The zero-order valence-corrected chi connectivity index (χ0v) is 11.1. The molecule has 0 aromatic carbocycles. The third-order valence-corrected chi connectivity index (χ3v) is 3.02. The van der Waals surface area contributed by atoms with Crippen molar-refractivity contribution in [1.29, 1.82) is 0 Å². The maximum Gasteiger partial charge on any atom is 0.253 e. The molecule has 1 amide bonds. The van der Waals surface area contributed by atoms with Crippen LogP contribution in [0.15, 0.2) is 30.7 Å². The number of hydrogen-bond acceptors (Lipinski definition) is 4. The zero-order chi connectivity index (χ0) is 13.8. The van der Waals surface area contributed by atoms with E-state index in [1.807, 2.05) is 13.0 Å². The van der Waals surface area contributed by atoms with Crippen molar-refractivity contribution in [2.45, 2.75) is 13.5 Å². The topological polar surface area (TPSA) is 80.9 Å². The van der Waals surface area contributed by atoms with Gasteiger partial charge in [0.2, 0.25) is 0 Å². The summed E-state index contributed by atoms with van der Waals surface area (Å²) in [7, 11) is 0. The highest BCUT2D eigenvalue weighted by Gasteiger charge is 2.09. The Labute approximate surface area is 115 Å². The molecule has 2 aromatic rings. The first-order valence-electron chi connectivity index (χ1n) is 5.66. The van der Waals surface area contributed by atoms with Crippen molar-refractivity contribution in [2.24, 2.45) is 0 Å². The van der Waals surface area contributed by atoms with Crippen LogP contribution in [0.1, 0.15) is 21.5 Å². The van der Waals surface area contributed by atoms with E-state index in [9.17, 15) is 4.79 Å². The molecule has 0 aliphatic rings. The Morgan fingerprint density at radius 2 is 2.26 bits per heavy atom. The Morgan fingerprint density at radius 1 is 1.47 bits per heavy atom. The number of rotatable bonds is 3. The second-order valence-electron chi connectivity index (χ2n) is 4.08. The van der Waals surface area contributed by atoms with Crippen LogP contribution in [0.4, 0.5) is 5.82 Å². The van der Waals surface area contributed by atoms with Crippen LogP contribution >= 0.6 is 11.6 Å². The van der Waals surface area contributed by atoms with Crippen LogP contribution < -0.4 is 11.1 Å². The van der Waals surface area contributed by atoms with Crippen LogP contribution in [0.2, 0.25) is 5.02 Å². The lowest BCUT2D eigenvalue weighted by atomic mass is 10.1. The van der Waals surface area contributed by atoms with E-state index in [1.54, 1.807) is 12.4 Å². The Kier molecular flexibility index (Phi) is 3.97. The van der Waals surface area contributed by atoms with Gasteiger partial charge >= 0.3 is 0 Å². The standard InChI is InChI=1S/C13H13ClN4O/c1-8-2-3-16-5-10(8)7-18-13(19)9-4-11(14)12(15)17-6-9/h2-6H,7H2,1H3,(H2,15,17)(H,18,19). The van der Waals surface area contributed by atoms with Crippen LogP contribution in [-0.2, 0) is 6.54 Å². The van der Waals surface area contributed by atoms with Crippen LogP contribution in [0.25, 0.3) is 0 Å². The number of nitrogens with zero attached hydrogens (tertiary/aromatic N) is 2. The molecule has 0 saturated heterocycles. The quantitative estimate of drug-likeness (QED) is 0.898. The Bertz CT molecular complexity index is 615. The van der Waals surface area contributed by atoms with E-state index >= 15 is 0 Å². The number of nitrogens with one attached hydrogen (secondary N) is 1. The first-order chi connectivity index (χ1) is 9.08. The van der Waals surface area contributed by atoms with E-state index in [4.69, 9.17) is 17.3 Å². The highest BCUT2D eigenvalue weighted by atomic mass is 35.5. The average Bonchev–Trinajstić information content (AvgIpc) is 2.40. The van der Waals surface area contributed by atoms with Gasteiger partial charge in [0, 0.05) is 25.1 Å². The molecular formula is C13H13ClN4O. The molecule has 0 fully saturated rings. The van der Waals surface area contributed by atoms with E-state index in [0.717, 1.165) is 11.1 Å². The minimum Gasteiger partial charge on any atom is -0.382 e. The summed E-state index contributed by atoms with van der Waals surface area (Å²) < 4.78 is 0. The first-order valence-corrected chi connectivity index (χ1v) is 6.04. The minimum atomic E-state index is -0.252. The molecule has 19 heavy (non-hydrogen) atoms. The first kappa shape index (κ1) is 13.3. The van der Waals surface area contributed by atoms with Gasteiger partial charge in [0.1, 0.15) is 5.82 Å². The van der Waals surface area contributed by atoms with Crippen molar-refractivity contribution in [1.82, 2.24) is 15.3 Å². The highest BCUT2D eigenvalue weighted by molar-refractivity contribution is 6.33. The number of amides is 1.